The summed E-state index contributed by atoms with van der Waals surface area (Å²) in [5, 5.41) is 3.65. The van der Waals surface area contributed by atoms with Gasteiger partial charge in [0, 0.05) is 51.5 Å². The molecule has 0 bridgehead atoms. The Morgan fingerprint density at radius 3 is 2.57 bits per heavy atom. The molecule has 158 valence electrons. The van der Waals surface area contributed by atoms with Crippen molar-refractivity contribution < 1.29 is 9.47 Å². The molecule has 1 aromatic rings. The molecule has 3 rings (SSSR count). The number of nitrogens with zero attached hydrogens (tertiary/aromatic N) is 3. The lowest BCUT2D eigenvalue weighted by Gasteiger charge is -2.45. The fourth-order valence-electron chi connectivity index (χ4n) is 4.34. The molecule has 2 saturated heterocycles. The zero-order valence-corrected chi connectivity index (χ0v) is 19.8. The van der Waals surface area contributed by atoms with E-state index in [-0.39, 0.29) is 29.5 Å². The smallest absolute Gasteiger partial charge is 0.193 e. The number of rotatable bonds is 6. The predicted octanol–water partition coefficient (Wildman–Crippen LogP) is 2.97. The summed E-state index contributed by atoms with van der Waals surface area (Å²) in [6.45, 7) is 5.79. The molecule has 6 nitrogen and oxygen atoms in total. The van der Waals surface area contributed by atoms with Gasteiger partial charge in [0.1, 0.15) is 5.75 Å². The summed E-state index contributed by atoms with van der Waals surface area (Å²) in [7, 11) is 5.65. The molecule has 0 aromatic heterocycles. The first-order valence-electron chi connectivity index (χ1n) is 10.0. The van der Waals surface area contributed by atoms with Crippen LogP contribution in [0.5, 0.6) is 5.75 Å². The van der Waals surface area contributed by atoms with Gasteiger partial charge in [-0.05, 0) is 44.8 Å². The van der Waals surface area contributed by atoms with E-state index in [9.17, 15) is 0 Å². The lowest BCUT2D eigenvalue weighted by Crippen LogP contribution is -2.58. The SMILES string of the molecule is CN=C(NCC1(N2CCCC2)CCOCC1)N(C)Cc1ccccc1OC.I. The van der Waals surface area contributed by atoms with E-state index in [1.807, 2.05) is 25.2 Å². The van der Waals surface area contributed by atoms with E-state index in [0.717, 1.165) is 56.4 Å². The zero-order valence-electron chi connectivity index (χ0n) is 17.4. The van der Waals surface area contributed by atoms with Crippen molar-refractivity contribution in [1.82, 2.24) is 15.1 Å². The van der Waals surface area contributed by atoms with Crippen LogP contribution in [-0.2, 0) is 11.3 Å². The molecule has 1 aromatic carbocycles. The molecule has 0 aliphatic carbocycles. The summed E-state index contributed by atoms with van der Waals surface area (Å²) in [6.07, 6.45) is 4.80. The maximum absolute atomic E-state index is 5.66. The summed E-state index contributed by atoms with van der Waals surface area (Å²) in [5.74, 6) is 1.84. The van der Waals surface area contributed by atoms with E-state index in [0.29, 0.717) is 0 Å². The van der Waals surface area contributed by atoms with Gasteiger partial charge in [-0.15, -0.1) is 24.0 Å². The van der Waals surface area contributed by atoms with E-state index < -0.39 is 0 Å². The van der Waals surface area contributed by atoms with E-state index in [1.54, 1.807) is 7.11 Å². The molecule has 2 aliphatic heterocycles. The monoisotopic (exact) mass is 502 g/mol. The quantitative estimate of drug-likeness (QED) is 0.369. The number of hydrogen-bond donors (Lipinski definition) is 1. The topological polar surface area (TPSA) is 49.3 Å². The Balaban J connectivity index is 0.00000280. The van der Waals surface area contributed by atoms with Gasteiger partial charge in [0.15, 0.2) is 5.96 Å². The van der Waals surface area contributed by atoms with Crippen LogP contribution in [0.3, 0.4) is 0 Å². The van der Waals surface area contributed by atoms with E-state index >= 15 is 0 Å². The molecule has 2 heterocycles. The maximum atomic E-state index is 5.66. The Bertz CT molecular complexity index is 629. The second kappa shape index (κ2) is 11.2. The van der Waals surface area contributed by atoms with Gasteiger partial charge in [0.05, 0.1) is 7.11 Å². The first kappa shape index (κ1) is 23.2. The number of benzene rings is 1. The van der Waals surface area contributed by atoms with Crippen molar-refractivity contribution in [3.05, 3.63) is 29.8 Å². The number of halogens is 1. The molecule has 0 radical (unpaired) electrons. The van der Waals surface area contributed by atoms with Crippen molar-refractivity contribution in [2.75, 3.05) is 54.1 Å². The highest BCUT2D eigenvalue weighted by atomic mass is 127. The number of para-hydroxylation sites is 1. The molecule has 1 N–H and O–H groups in total. The van der Waals surface area contributed by atoms with Crippen LogP contribution in [0, 0.1) is 0 Å². The maximum Gasteiger partial charge on any atom is 0.193 e. The van der Waals surface area contributed by atoms with Gasteiger partial charge in [-0.3, -0.25) is 9.89 Å². The van der Waals surface area contributed by atoms with Crippen LogP contribution < -0.4 is 10.1 Å². The van der Waals surface area contributed by atoms with Gasteiger partial charge < -0.3 is 19.7 Å². The van der Waals surface area contributed by atoms with Gasteiger partial charge >= 0.3 is 0 Å². The van der Waals surface area contributed by atoms with Gasteiger partial charge in [0.2, 0.25) is 0 Å². The molecule has 0 atom stereocenters. The van der Waals surface area contributed by atoms with Crippen LogP contribution in [0.25, 0.3) is 0 Å². The highest BCUT2D eigenvalue weighted by Crippen LogP contribution is 2.30. The third-order valence-electron chi connectivity index (χ3n) is 5.95. The highest BCUT2D eigenvalue weighted by molar-refractivity contribution is 14.0. The molecule has 0 amide bonds. The summed E-state index contributed by atoms with van der Waals surface area (Å²) in [4.78, 5) is 9.36. The van der Waals surface area contributed by atoms with Crippen LogP contribution in [0.4, 0.5) is 0 Å². The van der Waals surface area contributed by atoms with E-state index in [1.165, 1.54) is 25.9 Å². The minimum Gasteiger partial charge on any atom is -0.496 e. The third kappa shape index (κ3) is 5.51. The molecular weight excluding hydrogens is 467 g/mol. The number of aliphatic imine (C=N–C) groups is 1. The summed E-state index contributed by atoms with van der Waals surface area (Å²) in [5.41, 5.74) is 1.35. The molecule has 7 heteroatoms. The van der Waals surface area contributed by atoms with Gasteiger partial charge in [-0.2, -0.15) is 0 Å². The molecule has 0 spiro atoms. The Hall–Kier alpha value is -1.06. The van der Waals surface area contributed by atoms with Crippen LogP contribution in [-0.4, -0.2) is 75.4 Å². The molecule has 28 heavy (non-hydrogen) atoms. The second-order valence-corrected chi connectivity index (χ2v) is 7.60. The van der Waals surface area contributed by atoms with Crippen molar-refractivity contribution in [1.29, 1.82) is 0 Å². The Morgan fingerprint density at radius 2 is 1.93 bits per heavy atom. The molecule has 0 saturated carbocycles. The first-order valence-corrected chi connectivity index (χ1v) is 10.0. The molecule has 0 unspecified atom stereocenters. The highest BCUT2D eigenvalue weighted by Gasteiger charge is 2.39. The van der Waals surface area contributed by atoms with E-state index in [4.69, 9.17) is 9.47 Å². The Morgan fingerprint density at radius 1 is 1.25 bits per heavy atom. The van der Waals surface area contributed by atoms with Crippen LogP contribution >= 0.6 is 24.0 Å². The molecule has 2 fully saturated rings. The predicted molar refractivity (Wildman–Crippen MR) is 125 cm³/mol. The Labute approximate surface area is 186 Å². The largest absolute Gasteiger partial charge is 0.496 e. The van der Waals surface area contributed by atoms with Crippen molar-refractivity contribution >= 4 is 29.9 Å². The lowest BCUT2D eigenvalue weighted by atomic mass is 9.88. The van der Waals surface area contributed by atoms with Gasteiger partial charge in [0.25, 0.3) is 0 Å². The van der Waals surface area contributed by atoms with Crippen molar-refractivity contribution in [3.8, 4) is 5.75 Å². The Kier molecular flexibility index (Phi) is 9.30. The third-order valence-corrected chi connectivity index (χ3v) is 5.95. The average Bonchev–Trinajstić information content (AvgIpc) is 3.25. The standard InChI is InChI=1S/C21H34N4O2.HI/c1-22-20(24(2)16-18-8-4-5-9-19(18)26-3)23-17-21(10-14-27-15-11-21)25-12-6-7-13-25;/h4-5,8-9H,6-7,10-17H2,1-3H3,(H,22,23);1H. The zero-order chi connectivity index (χ0) is 19.1. The van der Waals surface area contributed by atoms with E-state index in [2.05, 4.69) is 33.2 Å². The number of likely N-dealkylation sites (tertiary alicyclic amines) is 1. The van der Waals surface area contributed by atoms with Gasteiger partial charge in [-0.25, -0.2) is 0 Å². The number of hydrogen-bond acceptors (Lipinski definition) is 4. The van der Waals surface area contributed by atoms with Crippen LogP contribution in [0.2, 0.25) is 0 Å². The van der Waals surface area contributed by atoms with Crippen molar-refractivity contribution in [2.45, 2.75) is 37.8 Å². The lowest BCUT2D eigenvalue weighted by molar-refractivity contribution is -0.0166. The fraction of sp³-hybridized carbons (Fsp3) is 0.667. The van der Waals surface area contributed by atoms with Crippen molar-refractivity contribution in [2.24, 2.45) is 4.99 Å². The summed E-state index contributed by atoms with van der Waals surface area (Å²) < 4.78 is 11.2. The number of methoxy groups -OCH3 is 1. The number of nitrogens with one attached hydrogen (secondary N) is 1. The summed E-state index contributed by atoms with van der Waals surface area (Å²) in [6, 6.07) is 8.16. The second-order valence-electron chi connectivity index (χ2n) is 7.60. The van der Waals surface area contributed by atoms with Crippen LogP contribution in [0.15, 0.2) is 29.3 Å². The molecule has 2 aliphatic rings. The minimum atomic E-state index is 0. The van der Waals surface area contributed by atoms with Crippen molar-refractivity contribution in [3.63, 3.8) is 0 Å². The summed E-state index contributed by atoms with van der Waals surface area (Å²) >= 11 is 0. The first-order chi connectivity index (χ1) is 13.2. The van der Waals surface area contributed by atoms with Gasteiger partial charge in [-0.1, -0.05) is 18.2 Å². The normalized spacial score (nSPS) is 19.8. The fourth-order valence-corrected chi connectivity index (χ4v) is 4.34. The number of ether oxygens (including phenoxy) is 2. The molecular formula is C21H35IN4O2. The minimum absolute atomic E-state index is 0. The van der Waals surface area contributed by atoms with Crippen LogP contribution in [0.1, 0.15) is 31.2 Å². The number of guanidine groups is 1. The average molecular weight is 502 g/mol.